The van der Waals surface area contributed by atoms with E-state index in [9.17, 15) is 0 Å². The third-order valence-corrected chi connectivity index (χ3v) is 2.87. The van der Waals surface area contributed by atoms with Crippen LogP contribution in [-0.2, 0) is 0 Å². The molecule has 0 aromatic rings. The van der Waals surface area contributed by atoms with Crippen molar-refractivity contribution >= 4 is 5.84 Å². The quantitative estimate of drug-likeness (QED) is 0.427. The monoisotopic (exact) mass is 185 g/mol. The predicted molar refractivity (Wildman–Crippen MR) is 52.7 cm³/mol. The maximum atomic E-state index is 9.09. The van der Waals surface area contributed by atoms with E-state index >= 15 is 0 Å². The summed E-state index contributed by atoms with van der Waals surface area (Å²) in [6, 6.07) is 0.0118. The molecule has 1 fully saturated rings. The third kappa shape index (κ3) is 2.67. The van der Waals surface area contributed by atoms with Gasteiger partial charge in [0.1, 0.15) is 5.84 Å². The summed E-state index contributed by atoms with van der Waals surface area (Å²) in [5.74, 6) is 0.796. The Kier molecular flexibility index (Phi) is 3.27. The van der Waals surface area contributed by atoms with Crippen LogP contribution in [0.15, 0.2) is 0 Å². The number of nitrogens with zero attached hydrogens (tertiary/aromatic N) is 1. The SMILES string of the molecule is CC(C(=N)N)N(C)CC1CC(O)C1. The van der Waals surface area contributed by atoms with E-state index in [0.29, 0.717) is 5.92 Å². The van der Waals surface area contributed by atoms with E-state index < -0.39 is 0 Å². The first-order valence-corrected chi connectivity index (χ1v) is 4.73. The Morgan fingerprint density at radius 1 is 1.69 bits per heavy atom. The summed E-state index contributed by atoms with van der Waals surface area (Å²) in [5, 5.41) is 16.4. The number of hydrogen-bond acceptors (Lipinski definition) is 3. The van der Waals surface area contributed by atoms with Crippen molar-refractivity contribution in [1.82, 2.24) is 4.90 Å². The zero-order valence-electron chi connectivity index (χ0n) is 8.33. The van der Waals surface area contributed by atoms with Crippen LogP contribution in [0, 0.1) is 11.3 Å². The van der Waals surface area contributed by atoms with Crippen LogP contribution in [0.1, 0.15) is 19.8 Å². The van der Waals surface area contributed by atoms with Crippen molar-refractivity contribution in [2.24, 2.45) is 11.7 Å². The molecule has 0 radical (unpaired) electrons. The number of amidine groups is 1. The van der Waals surface area contributed by atoms with Crippen molar-refractivity contribution < 1.29 is 5.11 Å². The fraction of sp³-hybridized carbons (Fsp3) is 0.889. The predicted octanol–water partition coefficient (Wildman–Crippen LogP) is 0.0136. The average Bonchev–Trinajstić information content (AvgIpc) is 2.00. The first-order valence-electron chi connectivity index (χ1n) is 4.73. The Morgan fingerprint density at radius 2 is 2.23 bits per heavy atom. The average molecular weight is 185 g/mol. The van der Waals surface area contributed by atoms with Crippen LogP contribution in [0.2, 0.25) is 0 Å². The molecular formula is C9H19N3O. The van der Waals surface area contributed by atoms with Crippen molar-refractivity contribution in [3.63, 3.8) is 0 Å². The molecule has 0 bridgehead atoms. The molecule has 1 atom stereocenters. The van der Waals surface area contributed by atoms with Gasteiger partial charge in [-0.3, -0.25) is 10.3 Å². The van der Waals surface area contributed by atoms with Gasteiger partial charge < -0.3 is 10.8 Å². The molecule has 0 spiro atoms. The van der Waals surface area contributed by atoms with Gasteiger partial charge in [-0.1, -0.05) is 0 Å². The Hall–Kier alpha value is -0.610. The summed E-state index contributed by atoms with van der Waals surface area (Å²) in [7, 11) is 1.97. The smallest absolute Gasteiger partial charge is 0.108 e. The second-order valence-corrected chi connectivity index (χ2v) is 4.06. The largest absolute Gasteiger partial charge is 0.393 e. The van der Waals surface area contributed by atoms with E-state index in [0.717, 1.165) is 19.4 Å². The van der Waals surface area contributed by atoms with E-state index in [1.54, 1.807) is 0 Å². The molecule has 1 aliphatic rings. The van der Waals surface area contributed by atoms with E-state index in [1.807, 2.05) is 14.0 Å². The molecule has 1 saturated carbocycles. The van der Waals surface area contributed by atoms with Gasteiger partial charge in [-0.15, -0.1) is 0 Å². The molecule has 0 aromatic heterocycles. The summed E-state index contributed by atoms with van der Waals surface area (Å²) >= 11 is 0. The lowest BCUT2D eigenvalue weighted by molar-refractivity contribution is 0.0266. The second-order valence-electron chi connectivity index (χ2n) is 4.06. The van der Waals surface area contributed by atoms with E-state index in [-0.39, 0.29) is 18.0 Å². The lowest BCUT2D eigenvalue weighted by atomic mass is 9.82. The summed E-state index contributed by atoms with van der Waals surface area (Å²) < 4.78 is 0. The number of likely N-dealkylation sites (N-methyl/N-ethyl adjacent to an activating group) is 1. The van der Waals surface area contributed by atoms with Gasteiger partial charge in [0.05, 0.1) is 12.1 Å². The van der Waals surface area contributed by atoms with Gasteiger partial charge in [0.2, 0.25) is 0 Å². The number of hydrogen-bond donors (Lipinski definition) is 3. The molecular weight excluding hydrogens is 166 g/mol. The van der Waals surface area contributed by atoms with Crippen molar-refractivity contribution in [3.05, 3.63) is 0 Å². The van der Waals surface area contributed by atoms with Gasteiger partial charge in [0.15, 0.2) is 0 Å². The molecule has 0 aromatic carbocycles. The van der Waals surface area contributed by atoms with Crippen molar-refractivity contribution in [2.75, 3.05) is 13.6 Å². The topological polar surface area (TPSA) is 73.3 Å². The van der Waals surface area contributed by atoms with E-state index in [2.05, 4.69) is 4.90 Å². The van der Waals surface area contributed by atoms with Gasteiger partial charge in [-0.05, 0) is 32.7 Å². The summed E-state index contributed by atoms with van der Waals surface area (Å²) in [6.45, 7) is 2.86. The molecule has 0 heterocycles. The molecule has 1 rings (SSSR count). The fourth-order valence-electron chi connectivity index (χ4n) is 1.65. The molecule has 0 amide bonds. The number of aliphatic hydroxyl groups is 1. The van der Waals surface area contributed by atoms with Crippen LogP contribution in [0.25, 0.3) is 0 Å². The maximum absolute atomic E-state index is 9.09. The molecule has 4 N–H and O–H groups in total. The van der Waals surface area contributed by atoms with Crippen molar-refractivity contribution in [2.45, 2.75) is 31.9 Å². The molecule has 0 saturated heterocycles. The lowest BCUT2D eigenvalue weighted by Gasteiger charge is -2.36. The van der Waals surface area contributed by atoms with Gasteiger partial charge in [0.25, 0.3) is 0 Å². The highest BCUT2D eigenvalue weighted by molar-refractivity contribution is 5.82. The third-order valence-electron chi connectivity index (χ3n) is 2.87. The zero-order valence-corrected chi connectivity index (χ0v) is 8.33. The van der Waals surface area contributed by atoms with E-state index in [1.165, 1.54) is 0 Å². The Bertz CT molecular complexity index is 189. The van der Waals surface area contributed by atoms with Gasteiger partial charge in [-0.25, -0.2) is 0 Å². The highest BCUT2D eigenvalue weighted by Crippen LogP contribution is 2.27. The van der Waals surface area contributed by atoms with Crippen LogP contribution in [0.5, 0.6) is 0 Å². The zero-order chi connectivity index (χ0) is 10.0. The van der Waals surface area contributed by atoms with Crippen LogP contribution in [-0.4, -0.2) is 41.6 Å². The second kappa shape index (κ2) is 4.07. The van der Waals surface area contributed by atoms with Crippen molar-refractivity contribution in [1.29, 1.82) is 5.41 Å². The van der Waals surface area contributed by atoms with Crippen LogP contribution in [0.3, 0.4) is 0 Å². The number of rotatable bonds is 4. The molecule has 4 heteroatoms. The molecule has 1 aliphatic carbocycles. The Balaban J connectivity index is 2.24. The number of nitrogens with two attached hydrogens (primary N) is 1. The van der Waals surface area contributed by atoms with Crippen LogP contribution >= 0.6 is 0 Å². The number of nitrogens with one attached hydrogen (secondary N) is 1. The maximum Gasteiger partial charge on any atom is 0.108 e. The normalized spacial score (nSPS) is 29.8. The van der Waals surface area contributed by atoms with Crippen LogP contribution in [0.4, 0.5) is 0 Å². The van der Waals surface area contributed by atoms with Gasteiger partial charge >= 0.3 is 0 Å². The summed E-state index contributed by atoms with van der Waals surface area (Å²) in [6.07, 6.45) is 1.70. The van der Waals surface area contributed by atoms with Crippen LogP contribution < -0.4 is 5.73 Å². The lowest BCUT2D eigenvalue weighted by Crippen LogP contribution is -2.45. The first kappa shape index (κ1) is 10.5. The highest BCUT2D eigenvalue weighted by Gasteiger charge is 2.29. The van der Waals surface area contributed by atoms with Crippen molar-refractivity contribution in [3.8, 4) is 0 Å². The highest BCUT2D eigenvalue weighted by atomic mass is 16.3. The van der Waals surface area contributed by atoms with Gasteiger partial charge in [-0.2, -0.15) is 0 Å². The minimum atomic E-state index is -0.0916. The summed E-state index contributed by atoms with van der Waals surface area (Å²) in [5.41, 5.74) is 5.39. The first-order chi connectivity index (χ1) is 6.00. The molecule has 0 aliphatic heterocycles. The Morgan fingerprint density at radius 3 is 2.62 bits per heavy atom. The van der Waals surface area contributed by atoms with E-state index in [4.69, 9.17) is 16.2 Å². The molecule has 4 nitrogen and oxygen atoms in total. The summed E-state index contributed by atoms with van der Waals surface area (Å²) in [4.78, 5) is 2.07. The van der Waals surface area contributed by atoms with Gasteiger partial charge in [0, 0.05) is 6.54 Å². The molecule has 13 heavy (non-hydrogen) atoms. The fourth-order valence-corrected chi connectivity index (χ4v) is 1.65. The molecule has 1 unspecified atom stereocenters. The molecule has 76 valence electrons. The Labute approximate surface area is 79.2 Å². The minimum absolute atomic E-state index is 0.0118. The standard InChI is InChI=1S/C9H19N3O/c1-6(9(10)11)12(2)5-7-3-8(13)4-7/h6-8,13H,3-5H2,1-2H3,(H3,10,11). The minimum Gasteiger partial charge on any atom is -0.393 e. The number of aliphatic hydroxyl groups excluding tert-OH is 1.